The summed E-state index contributed by atoms with van der Waals surface area (Å²) in [5, 5.41) is 3.51. The summed E-state index contributed by atoms with van der Waals surface area (Å²) >= 11 is 5.87. The van der Waals surface area contributed by atoms with Crippen molar-refractivity contribution in [1.82, 2.24) is 15.1 Å². The Morgan fingerprint density at radius 1 is 1.21 bits per heavy atom. The van der Waals surface area contributed by atoms with Crippen molar-refractivity contribution in [2.75, 3.05) is 50.7 Å². The second kappa shape index (κ2) is 8.89. The molecule has 1 aliphatic rings. The van der Waals surface area contributed by atoms with Gasteiger partial charge in [-0.1, -0.05) is 25.4 Å². The van der Waals surface area contributed by atoms with E-state index in [9.17, 15) is 9.59 Å². The zero-order valence-corrected chi connectivity index (χ0v) is 15.1. The molecule has 6 nitrogen and oxygen atoms in total. The van der Waals surface area contributed by atoms with Crippen LogP contribution in [-0.2, 0) is 4.79 Å². The minimum atomic E-state index is -0.142. The molecule has 0 aromatic heterocycles. The van der Waals surface area contributed by atoms with Crippen LogP contribution in [0.4, 0.5) is 10.5 Å². The van der Waals surface area contributed by atoms with Gasteiger partial charge in [0, 0.05) is 36.9 Å². The van der Waals surface area contributed by atoms with E-state index in [2.05, 4.69) is 24.1 Å². The number of urea groups is 1. The van der Waals surface area contributed by atoms with Gasteiger partial charge in [0.2, 0.25) is 5.91 Å². The van der Waals surface area contributed by atoms with Gasteiger partial charge in [-0.05, 0) is 37.4 Å². The number of benzene rings is 1. The van der Waals surface area contributed by atoms with Gasteiger partial charge < -0.3 is 15.1 Å². The summed E-state index contributed by atoms with van der Waals surface area (Å²) in [6, 6.07) is 7.00. The Labute approximate surface area is 148 Å². The summed E-state index contributed by atoms with van der Waals surface area (Å²) in [6.07, 6.45) is 0. The molecule has 7 heteroatoms. The van der Waals surface area contributed by atoms with Gasteiger partial charge in [-0.3, -0.25) is 9.69 Å². The molecule has 1 aromatic carbocycles. The van der Waals surface area contributed by atoms with E-state index in [0.717, 1.165) is 25.3 Å². The summed E-state index contributed by atoms with van der Waals surface area (Å²) in [4.78, 5) is 29.9. The maximum absolute atomic E-state index is 12.4. The third kappa shape index (κ3) is 4.85. The highest BCUT2D eigenvalue weighted by Gasteiger charge is 2.30. The average molecular weight is 353 g/mol. The molecule has 3 amide bonds. The molecule has 1 fully saturated rings. The first-order chi connectivity index (χ1) is 11.5. The zero-order chi connectivity index (χ0) is 17.5. The number of nitrogens with zero attached hydrogens (tertiary/aromatic N) is 3. The molecule has 1 heterocycles. The molecule has 132 valence electrons. The topological polar surface area (TPSA) is 55.9 Å². The first kappa shape index (κ1) is 18.5. The van der Waals surface area contributed by atoms with Crippen LogP contribution in [0.1, 0.15) is 13.8 Å². The number of likely N-dealkylation sites (N-methyl/N-ethyl adjacent to an activating group) is 1. The Balaban J connectivity index is 1.80. The summed E-state index contributed by atoms with van der Waals surface area (Å²) in [5.74, 6) is -0.117. The summed E-state index contributed by atoms with van der Waals surface area (Å²) in [7, 11) is 0. The fourth-order valence-corrected chi connectivity index (χ4v) is 2.84. The summed E-state index contributed by atoms with van der Waals surface area (Å²) < 4.78 is 0. The Morgan fingerprint density at radius 2 is 1.88 bits per heavy atom. The molecule has 0 unspecified atom stereocenters. The third-order valence-electron chi connectivity index (χ3n) is 4.21. The Bertz CT molecular complexity index is 560. The molecule has 2 rings (SSSR count). The fourth-order valence-electron chi connectivity index (χ4n) is 2.71. The molecular formula is C17H25ClN4O2. The van der Waals surface area contributed by atoms with Crippen molar-refractivity contribution < 1.29 is 9.59 Å². The van der Waals surface area contributed by atoms with E-state index in [1.807, 2.05) is 12.1 Å². The number of hydrogen-bond acceptors (Lipinski definition) is 3. The van der Waals surface area contributed by atoms with E-state index in [-0.39, 0.29) is 18.5 Å². The van der Waals surface area contributed by atoms with Crippen LogP contribution in [0.2, 0.25) is 5.02 Å². The summed E-state index contributed by atoms with van der Waals surface area (Å²) in [6.45, 7) is 8.77. The quantitative estimate of drug-likeness (QED) is 0.779. The largest absolute Gasteiger partial charge is 0.353 e. The molecule has 0 radical (unpaired) electrons. The van der Waals surface area contributed by atoms with Crippen molar-refractivity contribution in [2.24, 2.45) is 0 Å². The number of hydrogen-bond donors (Lipinski definition) is 1. The number of carbonyl (C=O) groups excluding carboxylic acids is 2. The molecule has 24 heavy (non-hydrogen) atoms. The van der Waals surface area contributed by atoms with E-state index >= 15 is 0 Å². The van der Waals surface area contributed by atoms with E-state index in [4.69, 9.17) is 11.6 Å². The summed E-state index contributed by atoms with van der Waals surface area (Å²) in [5.41, 5.74) is 0.800. The lowest BCUT2D eigenvalue weighted by Crippen LogP contribution is -2.42. The average Bonchev–Trinajstić information content (AvgIpc) is 2.93. The standard InChI is InChI=1S/C17H25ClN4O2/c1-3-20(4-2)10-9-19-16(23)13-21-11-12-22(17(21)24)15-7-5-14(18)6-8-15/h5-8H,3-4,9-13H2,1-2H3,(H,19,23). The predicted molar refractivity (Wildman–Crippen MR) is 96.6 cm³/mol. The molecule has 1 aromatic rings. The number of carbonyl (C=O) groups is 2. The van der Waals surface area contributed by atoms with Crippen molar-refractivity contribution in [3.8, 4) is 0 Å². The minimum Gasteiger partial charge on any atom is -0.353 e. The SMILES string of the molecule is CCN(CC)CCNC(=O)CN1CCN(c2ccc(Cl)cc2)C1=O. The van der Waals surface area contributed by atoms with E-state index < -0.39 is 0 Å². The van der Waals surface area contributed by atoms with Gasteiger partial charge in [-0.2, -0.15) is 0 Å². The molecule has 1 aliphatic heterocycles. The Morgan fingerprint density at radius 3 is 2.50 bits per heavy atom. The van der Waals surface area contributed by atoms with Crippen LogP contribution < -0.4 is 10.2 Å². The van der Waals surface area contributed by atoms with Crippen LogP contribution in [0.3, 0.4) is 0 Å². The van der Waals surface area contributed by atoms with Crippen LogP contribution in [0, 0.1) is 0 Å². The molecular weight excluding hydrogens is 328 g/mol. The lowest BCUT2D eigenvalue weighted by Gasteiger charge is -2.20. The van der Waals surface area contributed by atoms with Gasteiger partial charge in [0.1, 0.15) is 6.54 Å². The minimum absolute atomic E-state index is 0.0984. The maximum atomic E-state index is 12.4. The maximum Gasteiger partial charge on any atom is 0.325 e. The van der Waals surface area contributed by atoms with Crippen LogP contribution in [-0.4, -0.2) is 67.6 Å². The second-order valence-electron chi connectivity index (χ2n) is 5.71. The second-order valence-corrected chi connectivity index (χ2v) is 6.15. The molecule has 1 saturated heterocycles. The number of amides is 3. The third-order valence-corrected chi connectivity index (χ3v) is 4.46. The van der Waals surface area contributed by atoms with Crippen LogP contribution in [0.5, 0.6) is 0 Å². The normalized spacial score (nSPS) is 14.6. The van der Waals surface area contributed by atoms with Gasteiger partial charge in [-0.15, -0.1) is 0 Å². The molecule has 0 aliphatic carbocycles. The van der Waals surface area contributed by atoms with Crippen LogP contribution >= 0.6 is 11.6 Å². The van der Waals surface area contributed by atoms with Gasteiger partial charge in [0.15, 0.2) is 0 Å². The van der Waals surface area contributed by atoms with Crippen molar-refractivity contribution in [3.63, 3.8) is 0 Å². The Kier molecular flexibility index (Phi) is 6.87. The highest BCUT2D eigenvalue weighted by molar-refractivity contribution is 6.30. The first-order valence-corrected chi connectivity index (χ1v) is 8.74. The smallest absolute Gasteiger partial charge is 0.325 e. The lowest BCUT2D eigenvalue weighted by atomic mass is 10.3. The molecule has 1 N–H and O–H groups in total. The number of nitrogens with one attached hydrogen (secondary N) is 1. The van der Waals surface area contributed by atoms with Crippen molar-refractivity contribution >= 4 is 29.2 Å². The van der Waals surface area contributed by atoms with Gasteiger partial charge in [0.25, 0.3) is 0 Å². The molecule has 0 bridgehead atoms. The predicted octanol–water partition coefficient (Wildman–Crippen LogP) is 2.04. The van der Waals surface area contributed by atoms with Crippen LogP contribution in [0.25, 0.3) is 0 Å². The number of anilines is 1. The number of halogens is 1. The monoisotopic (exact) mass is 352 g/mol. The fraction of sp³-hybridized carbons (Fsp3) is 0.529. The Hall–Kier alpha value is -1.79. The van der Waals surface area contributed by atoms with E-state index in [0.29, 0.717) is 24.7 Å². The molecule has 0 atom stereocenters. The molecule has 0 spiro atoms. The van der Waals surface area contributed by atoms with Gasteiger partial charge in [-0.25, -0.2) is 4.79 Å². The van der Waals surface area contributed by atoms with Crippen molar-refractivity contribution in [3.05, 3.63) is 29.3 Å². The van der Waals surface area contributed by atoms with Crippen molar-refractivity contribution in [1.29, 1.82) is 0 Å². The first-order valence-electron chi connectivity index (χ1n) is 8.36. The van der Waals surface area contributed by atoms with E-state index in [1.54, 1.807) is 21.9 Å². The van der Waals surface area contributed by atoms with Gasteiger partial charge in [0.05, 0.1) is 0 Å². The number of rotatable bonds is 8. The highest BCUT2D eigenvalue weighted by atomic mass is 35.5. The van der Waals surface area contributed by atoms with E-state index in [1.165, 1.54) is 0 Å². The zero-order valence-electron chi connectivity index (χ0n) is 14.3. The highest BCUT2D eigenvalue weighted by Crippen LogP contribution is 2.22. The van der Waals surface area contributed by atoms with Crippen LogP contribution in [0.15, 0.2) is 24.3 Å². The molecule has 0 saturated carbocycles. The van der Waals surface area contributed by atoms with Crippen molar-refractivity contribution in [2.45, 2.75) is 13.8 Å². The lowest BCUT2D eigenvalue weighted by molar-refractivity contribution is -0.121. The van der Waals surface area contributed by atoms with Gasteiger partial charge >= 0.3 is 6.03 Å².